The standard InChI is InChI=1S/C8H12N2O3/c1-5(2)8-10-9-6(13-8)3-4-7(11)12/h5H,3-4H2,1-2H3,(H,11,12). The number of rotatable bonds is 4. The van der Waals surface area contributed by atoms with Crippen LogP contribution in [0, 0.1) is 0 Å². The maximum absolute atomic E-state index is 10.2. The summed E-state index contributed by atoms with van der Waals surface area (Å²) in [6, 6.07) is 0. The lowest BCUT2D eigenvalue weighted by molar-refractivity contribution is -0.137. The molecule has 0 aliphatic heterocycles. The molecule has 0 radical (unpaired) electrons. The fraction of sp³-hybridized carbons (Fsp3) is 0.625. The highest BCUT2D eigenvalue weighted by atomic mass is 16.4. The molecule has 0 aliphatic rings. The molecule has 0 unspecified atom stereocenters. The van der Waals surface area contributed by atoms with Crippen molar-refractivity contribution in [3.05, 3.63) is 11.8 Å². The first-order valence-corrected chi connectivity index (χ1v) is 4.13. The van der Waals surface area contributed by atoms with E-state index in [4.69, 9.17) is 9.52 Å². The second kappa shape index (κ2) is 4.02. The van der Waals surface area contributed by atoms with E-state index in [0.29, 0.717) is 18.2 Å². The van der Waals surface area contributed by atoms with Crippen molar-refractivity contribution in [3.63, 3.8) is 0 Å². The number of hydrogen-bond donors (Lipinski definition) is 1. The molecular formula is C8H12N2O3. The lowest BCUT2D eigenvalue weighted by Gasteiger charge is -1.93. The van der Waals surface area contributed by atoms with E-state index in [1.165, 1.54) is 0 Å². The van der Waals surface area contributed by atoms with Crippen molar-refractivity contribution in [1.82, 2.24) is 10.2 Å². The second-order valence-electron chi connectivity index (χ2n) is 3.08. The lowest BCUT2D eigenvalue weighted by atomic mass is 10.2. The number of carboxylic acid groups (broad SMARTS) is 1. The third-order valence-corrected chi connectivity index (χ3v) is 1.53. The smallest absolute Gasteiger partial charge is 0.303 e. The molecule has 0 atom stereocenters. The number of carbonyl (C=O) groups is 1. The molecule has 0 saturated heterocycles. The maximum atomic E-state index is 10.2. The van der Waals surface area contributed by atoms with Gasteiger partial charge in [0.2, 0.25) is 11.8 Å². The molecule has 1 aromatic heterocycles. The molecule has 0 fully saturated rings. The molecule has 0 saturated carbocycles. The maximum Gasteiger partial charge on any atom is 0.303 e. The molecule has 5 nitrogen and oxygen atoms in total. The van der Waals surface area contributed by atoms with Crippen molar-refractivity contribution in [3.8, 4) is 0 Å². The van der Waals surface area contributed by atoms with Crippen LogP contribution in [0.3, 0.4) is 0 Å². The highest BCUT2D eigenvalue weighted by Crippen LogP contribution is 2.12. The van der Waals surface area contributed by atoms with Crippen LogP contribution >= 0.6 is 0 Å². The Hall–Kier alpha value is -1.39. The number of aliphatic carboxylic acids is 1. The third kappa shape index (κ3) is 2.85. The summed E-state index contributed by atoms with van der Waals surface area (Å²) in [6.45, 7) is 3.88. The molecule has 0 spiro atoms. The minimum Gasteiger partial charge on any atom is -0.481 e. The van der Waals surface area contributed by atoms with E-state index in [-0.39, 0.29) is 12.3 Å². The van der Waals surface area contributed by atoms with Gasteiger partial charge in [-0.3, -0.25) is 4.79 Å². The number of hydrogen-bond acceptors (Lipinski definition) is 4. The predicted octanol–water partition coefficient (Wildman–Crippen LogP) is 1.21. The summed E-state index contributed by atoms with van der Waals surface area (Å²) in [5.74, 6) is 0.280. The molecule has 1 heterocycles. The molecule has 0 bridgehead atoms. The van der Waals surface area contributed by atoms with Gasteiger partial charge in [-0.1, -0.05) is 13.8 Å². The second-order valence-corrected chi connectivity index (χ2v) is 3.08. The molecule has 0 aromatic carbocycles. The van der Waals surface area contributed by atoms with E-state index in [2.05, 4.69) is 10.2 Å². The van der Waals surface area contributed by atoms with Crippen LogP contribution in [-0.2, 0) is 11.2 Å². The Morgan fingerprint density at radius 3 is 2.69 bits per heavy atom. The topological polar surface area (TPSA) is 76.2 Å². The minimum atomic E-state index is -0.857. The Labute approximate surface area is 75.8 Å². The van der Waals surface area contributed by atoms with Gasteiger partial charge < -0.3 is 9.52 Å². The number of nitrogens with zero attached hydrogens (tertiary/aromatic N) is 2. The van der Waals surface area contributed by atoms with Crippen molar-refractivity contribution in [2.45, 2.75) is 32.6 Å². The van der Waals surface area contributed by atoms with Gasteiger partial charge in [0.05, 0.1) is 6.42 Å². The largest absolute Gasteiger partial charge is 0.481 e. The average molecular weight is 184 g/mol. The zero-order chi connectivity index (χ0) is 9.84. The Balaban J connectivity index is 2.54. The van der Waals surface area contributed by atoms with Crippen molar-refractivity contribution in [1.29, 1.82) is 0 Å². The molecule has 1 N–H and O–H groups in total. The minimum absolute atomic E-state index is 0.0275. The predicted molar refractivity (Wildman–Crippen MR) is 44.3 cm³/mol. The summed E-state index contributed by atoms with van der Waals surface area (Å²) in [5, 5.41) is 15.9. The van der Waals surface area contributed by atoms with Crippen LogP contribution in [-0.4, -0.2) is 21.3 Å². The van der Waals surface area contributed by atoms with E-state index in [1.807, 2.05) is 13.8 Å². The Bertz CT molecular complexity index is 293. The van der Waals surface area contributed by atoms with Crippen LogP contribution in [0.15, 0.2) is 4.42 Å². The Kier molecular flexibility index (Phi) is 3.00. The van der Waals surface area contributed by atoms with E-state index in [0.717, 1.165) is 0 Å². The van der Waals surface area contributed by atoms with Gasteiger partial charge in [-0.2, -0.15) is 0 Å². The van der Waals surface area contributed by atoms with E-state index >= 15 is 0 Å². The molecule has 72 valence electrons. The van der Waals surface area contributed by atoms with Crippen LogP contribution in [0.2, 0.25) is 0 Å². The zero-order valence-corrected chi connectivity index (χ0v) is 7.65. The van der Waals surface area contributed by atoms with Gasteiger partial charge in [0, 0.05) is 12.3 Å². The highest BCUT2D eigenvalue weighted by molar-refractivity contribution is 5.66. The summed E-state index contributed by atoms with van der Waals surface area (Å²) in [7, 11) is 0. The van der Waals surface area contributed by atoms with Gasteiger partial charge in [-0.25, -0.2) is 0 Å². The van der Waals surface area contributed by atoms with Crippen LogP contribution in [0.25, 0.3) is 0 Å². The first kappa shape index (κ1) is 9.70. The quantitative estimate of drug-likeness (QED) is 0.761. The van der Waals surface area contributed by atoms with Crippen molar-refractivity contribution < 1.29 is 14.3 Å². The molecule has 13 heavy (non-hydrogen) atoms. The number of carboxylic acids is 1. The summed E-state index contributed by atoms with van der Waals surface area (Å²) < 4.78 is 5.21. The van der Waals surface area contributed by atoms with Crippen LogP contribution in [0.5, 0.6) is 0 Å². The van der Waals surface area contributed by atoms with Crippen LogP contribution in [0.1, 0.15) is 38.0 Å². The normalized spacial score (nSPS) is 10.7. The monoisotopic (exact) mass is 184 g/mol. The van der Waals surface area contributed by atoms with E-state index in [9.17, 15) is 4.79 Å². The SMILES string of the molecule is CC(C)c1nnc(CCC(=O)O)o1. The van der Waals surface area contributed by atoms with E-state index in [1.54, 1.807) is 0 Å². The van der Waals surface area contributed by atoms with Crippen molar-refractivity contribution in [2.24, 2.45) is 0 Å². The van der Waals surface area contributed by atoms with Gasteiger partial charge in [-0.15, -0.1) is 10.2 Å². The van der Waals surface area contributed by atoms with Gasteiger partial charge in [0.15, 0.2) is 0 Å². The fourth-order valence-corrected chi connectivity index (χ4v) is 0.815. The molecule has 1 aromatic rings. The van der Waals surface area contributed by atoms with Gasteiger partial charge >= 0.3 is 5.97 Å². The van der Waals surface area contributed by atoms with Gasteiger partial charge in [-0.05, 0) is 0 Å². The van der Waals surface area contributed by atoms with Crippen LogP contribution in [0.4, 0.5) is 0 Å². The Morgan fingerprint density at radius 2 is 2.23 bits per heavy atom. The summed E-state index contributed by atoms with van der Waals surface area (Å²) >= 11 is 0. The summed E-state index contributed by atoms with van der Waals surface area (Å²) in [5.41, 5.74) is 0. The summed E-state index contributed by atoms with van der Waals surface area (Å²) in [6.07, 6.45) is 0.328. The highest BCUT2D eigenvalue weighted by Gasteiger charge is 2.10. The molecular weight excluding hydrogens is 172 g/mol. The molecule has 1 rings (SSSR count). The molecule has 0 amide bonds. The molecule has 5 heteroatoms. The number of aromatic nitrogens is 2. The zero-order valence-electron chi connectivity index (χ0n) is 7.65. The van der Waals surface area contributed by atoms with Gasteiger partial charge in [0.25, 0.3) is 0 Å². The first-order chi connectivity index (χ1) is 6.09. The lowest BCUT2D eigenvalue weighted by Crippen LogP contribution is -1.97. The Morgan fingerprint density at radius 1 is 1.54 bits per heavy atom. The first-order valence-electron chi connectivity index (χ1n) is 4.13. The third-order valence-electron chi connectivity index (χ3n) is 1.53. The van der Waals surface area contributed by atoms with Crippen LogP contribution < -0.4 is 0 Å². The van der Waals surface area contributed by atoms with Crippen molar-refractivity contribution in [2.75, 3.05) is 0 Å². The van der Waals surface area contributed by atoms with Crippen molar-refractivity contribution >= 4 is 5.97 Å². The summed E-state index contributed by atoms with van der Waals surface area (Å²) in [4.78, 5) is 10.2. The molecule has 0 aliphatic carbocycles. The van der Waals surface area contributed by atoms with E-state index < -0.39 is 5.97 Å². The van der Waals surface area contributed by atoms with Gasteiger partial charge in [0.1, 0.15) is 0 Å². The fourth-order valence-electron chi connectivity index (χ4n) is 0.815. The average Bonchev–Trinajstić information content (AvgIpc) is 2.48. The number of aryl methyl sites for hydroxylation is 1.